The van der Waals surface area contributed by atoms with Crippen LogP contribution in [0.2, 0.25) is 0 Å². The third kappa shape index (κ3) is 4.81. The minimum absolute atomic E-state index is 0. The number of rotatable bonds is 2. The predicted molar refractivity (Wildman–Crippen MR) is 84.6 cm³/mol. The molecule has 1 fully saturated rings. The monoisotopic (exact) mass is 511 g/mol. The van der Waals surface area contributed by atoms with Crippen molar-refractivity contribution in [1.29, 1.82) is 0 Å². The second kappa shape index (κ2) is 9.90. The van der Waals surface area contributed by atoms with E-state index in [1.54, 1.807) is 12.0 Å². The summed E-state index contributed by atoms with van der Waals surface area (Å²) in [5, 5.41) is 2.69. The van der Waals surface area contributed by atoms with E-state index in [1.807, 2.05) is 0 Å². The molecule has 1 aliphatic heterocycles. The van der Waals surface area contributed by atoms with Crippen molar-refractivity contribution in [2.75, 3.05) is 25.2 Å². The molecule has 0 aromatic heterocycles. The van der Waals surface area contributed by atoms with Gasteiger partial charge < -0.3 is 11.7 Å². The molecule has 0 spiro atoms. The smallest absolute Gasteiger partial charge is 0.417 e. The minimum Gasteiger partial charge on any atom is -0.417 e. The van der Waals surface area contributed by atoms with E-state index in [4.69, 9.17) is 0 Å². The van der Waals surface area contributed by atoms with Gasteiger partial charge in [-0.1, -0.05) is 30.2 Å². The first-order valence-corrected chi connectivity index (χ1v) is 8.28. The van der Waals surface area contributed by atoms with Crippen molar-refractivity contribution in [1.82, 2.24) is 0 Å². The molecule has 0 unspecified atom stereocenters. The fourth-order valence-electron chi connectivity index (χ4n) is 2.25. The molecule has 1 saturated heterocycles. The van der Waals surface area contributed by atoms with Crippen LogP contribution in [0.4, 0.5) is 0 Å². The van der Waals surface area contributed by atoms with Crippen LogP contribution >= 0.6 is 0 Å². The average molecular weight is 511 g/mol. The van der Waals surface area contributed by atoms with Gasteiger partial charge in [0.05, 0.1) is 4.90 Å². The zero-order valence-electron chi connectivity index (χ0n) is 12.0. The summed E-state index contributed by atoms with van der Waals surface area (Å²) in [6.07, 6.45) is 2.83. The van der Waals surface area contributed by atoms with Crippen LogP contribution in [0.5, 0.6) is 0 Å². The first kappa shape index (κ1) is 18.1. The standard InChI is InChI=1S/C14H14S.C3H7O.U/c1-2-8-13-12(6-1)7-5-9-14(13)15-10-3-4-11-15;1-3-4-2;/h1-2,5-6,8-9H,3-4,10-11H2;1,3H2,2H3;/q;-1;+2. The van der Waals surface area contributed by atoms with Gasteiger partial charge >= 0.3 is 31.1 Å². The van der Waals surface area contributed by atoms with Crippen molar-refractivity contribution in [2.24, 2.45) is 0 Å². The van der Waals surface area contributed by atoms with Crippen LogP contribution in [0.25, 0.3) is 10.8 Å². The second-order valence-electron chi connectivity index (χ2n) is 4.49. The van der Waals surface area contributed by atoms with Crippen LogP contribution in [0, 0.1) is 44.1 Å². The van der Waals surface area contributed by atoms with Crippen LogP contribution < -0.4 is 0 Å². The van der Waals surface area contributed by atoms with Gasteiger partial charge in [-0.3, -0.25) is 0 Å². The first-order valence-electron chi connectivity index (χ1n) is 6.72. The number of fused-ring (bicyclic) bond motifs is 1. The molecule has 1 heterocycles. The molecule has 0 N–H and O–H groups in total. The van der Waals surface area contributed by atoms with Gasteiger partial charge in [0.15, 0.2) is 0 Å². The van der Waals surface area contributed by atoms with Gasteiger partial charge in [-0.2, -0.15) is 0 Å². The molecule has 2 aromatic rings. The van der Waals surface area contributed by atoms with E-state index in [2.05, 4.69) is 54.1 Å². The fraction of sp³-hybridized carbons (Fsp3) is 0.353. The molecule has 0 radical (unpaired) electrons. The van der Waals surface area contributed by atoms with E-state index in [-0.39, 0.29) is 31.1 Å². The molecule has 0 atom stereocenters. The largest absolute Gasteiger partial charge is 2.00 e. The molecule has 1 aliphatic rings. The fourth-order valence-corrected chi connectivity index (χ4v) is 4.75. The van der Waals surface area contributed by atoms with E-state index in [9.17, 15) is 0 Å². The molecule has 0 amide bonds. The number of ether oxygens (including phenoxy) is 1. The Kier molecular flexibility index (Phi) is 8.97. The normalized spacial score (nSPS) is 14.5. The summed E-state index contributed by atoms with van der Waals surface area (Å²) in [6, 6.07) is 16.3. The molecular formula is C17H21OSU+. The quantitative estimate of drug-likeness (QED) is 0.440. The second-order valence-corrected chi connectivity index (χ2v) is 6.73. The zero-order valence-corrected chi connectivity index (χ0v) is 17.0. The summed E-state index contributed by atoms with van der Waals surface area (Å²) in [4.78, 5) is 1.57. The van der Waals surface area contributed by atoms with Crippen molar-refractivity contribution in [2.45, 2.75) is 17.7 Å². The molecular weight excluding hydrogens is 490 g/mol. The Morgan fingerprint density at radius 3 is 2.50 bits per heavy atom. The molecule has 0 saturated carbocycles. The van der Waals surface area contributed by atoms with Crippen LogP contribution in [0.15, 0.2) is 41.3 Å². The third-order valence-electron chi connectivity index (χ3n) is 3.21. The Bertz CT molecular complexity index is 502. The van der Waals surface area contributed by atoms with E-state index in [1.165, 1.54) is 35.1 Å². The van der Waals surface area contributed by atoms with E-state index < -0.39 is 0 Å². The Morgan fingerprint density at radius 2 is 1.85 bits per heavy atom. The number of benzene rings is 2. The van der Waals surface area contributed by atoms with Crippen molar-refractivity contribution in [3.05, 3.63) is 49.4 Å². The average Bonchev–Trinajstić information content (AvgIpc) is 3.01. The van der Waals surface area contributed by atoms with Crippen LogP contribution in [-0.4, -0.2) is 25.2 Å². The number of hydrogen-bond donors (Lipinski definition) is 0. The summed E-state index contributed by atoms with van der Waals surface area (Å²) >= 11 is 0. The molecule has 20 heavy (non-hydrogen) atoms. The molecule has 0 bridgehead atoms. The van der Waals surface area contributed by atoms with Crippen LogP contribution in [0.3, 0.4) is 0 Å². The van der Waals surface area contributed by atoms with Crippen molar-refractivity contribution < 1.29 is 35.9 Å². The topological polar surface area (TPSA) is 9.23 Å². The maximum absolute atomic E-state index is 4.43. The van der Waals surface area contributed by atoms with E-state index in [0.717, 1.165) is 0 Å². The van der Waals surface area contributed by atoms with E-state index >= 15 is 0 Å². The third-order valence-corrected chi connectivity index (χ3v) is 5.75. The Balaban J connectivity index is 0.000000359. The zero-order chi connectivity index (χ0) is 13.5. The molecule has 3 heteroatoms. The summed E-state index contributed by atoms with van der Waals surface area (Å²) < 4.78 is 4.43. The Morgan fingerprint density at radius 1 is 1.20 bits per heavy atom. The summed E-state index contributed by atoms with van der Waals surface area (Å²) in [7, 11) is 2.13. The van der Waals surface area contributed by atoms with Crippen LogP contribution in [-0.2, 0) is 15.6 Å². The van der Waals surface area contributed by atoms with Crippen LogP contribution in [0.1, 0.15) is 12.8 Å². The molecule has 1 nitrogen and oxygen atoms in total. The SMILES string of the molecule is [CH2-]COC.[U+2].[c-]1ccc([S+]2CCCC2)c2ccccc12. The van der Waals surface area contributed by atoms with E-state index in [0.29, 0.717) is 17.5 Å². The Hall–Kier alpha value is 0.0619. The molecule has 3 rings (SSSR count). The number of hydrogen-bond acceptors (Lipinski definition) is 1. The van der Waals surface area contributed by atoms with Gasteiger partial charge in [-0.15, -0.1) is 29.7 Å². The van der Waals surface area contributed by atoms with Crippen molar-refractivity contribution >= 4 is 21.7 Å². The van der Waals surface area contributed by atoms with Gasteiger partial charge in [0.2, 0.25) is 0 Å². The van der Waals surface area contributed by atoms with Gasteiger partial charge in [0, 0.05) is 18.0 Å². The maximum Gasteiger partial charge on any atom is 2.00 e. The summed E-state index contributed by atoms with van der Waals surface area (Å²) in [5.74, 6) is 2.79. The predicted octanol–water partition coefficient (Wildman–Crippen LogP) is 3.88. The summed E-state index contributed by atoms with van der Waals surface area (Å²) in [6.45, 7) is 3.95. The van der Waals surface area contributed by atoms with Gasteiger partial charge in [0.1, 0.15) is 11.5 Å². The van der Waals surface area contributed by atoms with Gasteiger partial charge in [0.25, 0.3) is 0 Å². The number of methoxy groups -OCH3 is 1. The molecule has 2 aromatic carbocycles. The minimum atomic E-state index is 0. The Labute approximate surface area is 149 Å². The van der Waals surface area contributed by atoms with Gasteiger partial charge in [-0.25, -0.2) is 0 Å². The first-order chi connectivity index (χ1) is 9.36. The van der Waals surface area contributed by atoms with Gasteiger partial charge in [-0.05, 0) is 12.8 Å². The summed E-state index contributed by atoms with van der Waals surface area (Å²) in [5.41, 5.74) is 0. The van der Waals surface area contributed by atoms with Crippen molar-refractivity contribution in [3.8, 4) is 0 Å². The molecule has 104 valence electrons. The van der Waals surface area contributed by atoms with Crippen molar-refractivity contribution in [3.63, 3.8) is 0 Å². The maximum atomic E-state index is 4.43. The molecule has 0 aliphatic carbocycles.